The Morgan fingerprint density at radius 1 is 1.00 bits per heavy atom. The molecule has 1 heterocycles. The van der Waals surface area contributed by atoms with Gasteiger partial charge in [0.05, 0.1) is 11.4 Å². The lowest BCUT2D eigenvalue weighted by atomic mass is 10.1. The largest absolute Gasteiger partial charge is 0.322 e. The molecule has 1 unspecified atom stereocenters. The van der Waals surface area contributed by atoms with Crippen LogP contribution in [0.1, 0.15) is 13.0 Å². The van der Waals surface area contributed by atoms with E-state index in [1.54, 1.807) is 0 Å². The highest BCUT2D eigenvalue weighted by molar-refractivity contribution is 5.93. The van der Waals surface area contributed by atoms with Crippen molar-refractivity contribution in [2.75, 3.05) is 5.32 Å². The van der Waals surface area contributed by atoms with Crippen molar-refractivity contribution >= 4 is 11.6 Å². The van der Waals surface area contributed by atoms with Gasteiger partial charge in [-0.3, -0.25) is 9.59 Å². The number of nitrogens with one attached hydrogen (secondary N) is 1. The standard InChI is InChI=1S/C19H14F3N3O2/c1-11(19(27)23-17-7-6-14(21)10-15(17)22)25-18(26)9-8-16(24-25)12-2-4-13(20)5-3-12/h2-11H,1H3,(H,23,27). The Kier molecular flexibility index (Phi) is 5.07. The van der Waals surface area contributed by atoms with Crippen molar-refractivity contribution in [3.63, 3.8) is 0 Å². The number of nitrogens with zero attached hydrogens (tertiary/aromatic N) is 2. The number of aromatic nitrogens is 2. The van der Waals surface area contributed by atoms with Crippen LogP contribution in [0.25, 0.3) is 11.3 Å². The van der Waals surface area contributed by atoms with E-state index in [1.807, 2.05) is 0 Å². The summed E-state index contributed by atoms with van der Waals surface area (Å²) in [5, 5.41) is 6.44. The molecule has 1 atom stereocenters. The molecule has 2 aromatic carbocycles. The van der Waals surface area contributed by atoms with Crippen LogP contribution in [0.3, 0.4) is 0 Å². The van der Waals surface area contributed by atoms with E-state index in [4.69, 9.17) is 0 Å². The summed E-state index contributed by atoms with van der Waals surface area (Å²) in [6.07, 6.45) is 0. The van der Waals surface area contributed by atoms with Crippen molar-refractivity contribution in [1.82, 2.24) is 9.78 Å². The van der Waals surface area contributed by atoms with Crippen LogP contribution in [0.5, 0.6) is 0 Å². The van der Waals surface area contributed by atoms with Gasteiger partial charge in [-0.15, -0.1) is 0 Å². The van der Waals surface area contributed by atoms with Crippen LogP contribution in [0.4, 0.5) is 18.9 Å². The molecule has 1 N–H and O–H groups in total. The van der Waals surface area contributed by atoms with Gasteiger partial charge in [0.15, 0.2) is 0 Å². The van der Waals surface area contributed by atoms with E-state index in [1.165, 1.54) is 43.3 Å². The quantitative estimate of drug-likeness (QED) is 0.761. The number of carbonyl (C=O) groups is 1. The zero-order chi connectivity index (χ0) is 19.6. The number of anilines is 1. The Balaban J connectivity index is 1.88. The van der Waals surface area contributed by atoms with Gasteiger partial charge in [-0.25, -0.2) is 17.9 Å². The number of halogens is 3. The van der Waals surface area contributed by atoms with Crippen LogP contribution in [-0.4, -0.2) is 15.7 Å². The van der Waals surface area contributed by atoms with E-state index < -0.39 is 35.0 Å². The van der Waals surface area contributed by atoms with E-state index >= 15 is 0 Å². The number of carbonyl (C=O) groups excluding carboxylic acids is 1. The second-order valence-corrected chi connectivity index (χ2v) is 5.80. The summed E-state index contributed by atoms with van der Waals surface area (Å²) in [4.78, 5) is 24.5. The number of hydrogen-bond acceptors (Lipinski definition) is 3. The van der Waals surface area contributed by atoms with E-state index in [0.29, 0.717) is 17.3 Å². The zero-order valence-electron chi connectivity index (χ0n) is 14.1. The van der Waals surface area contributed by atoms with Gasteiger partial charge < -0.3 is 5.32 Å². The molecule has 0 fully saturated rings. The predicted octanol–water partition coefficient (Wildman–Crippen LogP) is 3.53. The Labute approximate surface area is 152 Å². The lowest BCUT2D eigenvalue weighted by Gasteiger charge is -2.15. The van der Waals surface area contributed by atoms with E-state index in [-0.39, 0.29) is 5.69 Å². The normalized spacial score (nSPS) is 11.9. The maximum absolute atomic E-state index is 13.7. The van der Waals surface area contributed by atoms with E-state index in [2.05, 4.69) is 10.4 Å². The fourth-order valence-corrected chi connectivity index (χ4v) is 2.42. The highest BCUT2D eigenvalue weighted by atomic mass is 19.1. The first kappa shape index (κ1) is 18.4. The molecule has 1 amide bonds. The molecule has 3 aromatic rings. The molecule has 0 aliphatic rings. The fourth-order valence-electron chi connectivity index (χ4n) is 2.42. The molecule has 0 saturated carbocycles. The van der Waals surface area contributed by atoms with Gasteiger partial charge in [0.1, 0.15) is 23.5 Å². The molecule has 0 spiro atoms. The average Bonchev–Trinajstić information content (AvgIpc) is 2.64. The van der Waals surface area contributed by atoms with Crippen molar-refractivity contribution in [1.29, 1.82) is 0 Å². The van der Waals surface area contributed by atoms with Crippen LogP contribution in [-0.2, 0) is 4.79 Å². The van der Waals surface area contributed by atoms with Crippen LogP contribution < -0.4 is 10.9 Å². The first-order valence-corrected chi connectivity index (χ1v) is 7.97. The molecular weight excluding hydrogens is 359 g/mol. The SMILES string of the molecule is CC(C(=O)Nc1ccc(F)cc1F)n1nc(-c2ccc(F)cc2)ccc1=O. The molecule has 0 aliphatic heterocycles. The summed E-state index contributed by atoms with van der Waals surface area (Å²) < 4.78 is 40.7. The number of rotatable bonds is 4. The van der Waals surface area contributed by atoms with Gasteiger partial charge in [-0.1, -0.05) is 0 Å². The molecule has 1 aromatic heterocycles. The molecule has 0 radical (unpaired) electrons. The van der Waals surface area contributed by atoms with Crippen molar-refractivity contribution in [3.8, 4) is 11.3 Å². The van der Waals surface area contributed by atoms with Gasteiger partial charge in [0.2, 0.25) is 5.91 Å². The minimum absolute atomic E-state index is 0.212. The minimum Gasteiger partial charge on any atom is -0.322 e. The zero-order valence-corrected chi connectivity index (χ0v) is 14.1. The highest BCUT2D eigenvalue weighted by Gasteiger charge is 2.19. The molecular formula is C19H14F3N3O2. The summed E-state index contributed by atoms with van der Waals surface area (Å²) in [6.45, 7) is 1.42. The monoisotopic (exact) mass is 373 g/mol. The highest BCUT2D eigenvalue weighted by Crippen LogP contribution is 2.18. The Morgan fingerprint density at radius 3 is 2.33 bits per heavy atom. The third-order valence-corrected chi connectivity index (χ3v) is 3.90. The maximum Gasteiger partial charge on any atom is 0.267 e. The van der Waals surface area contributed by atoms with Crippen molar-refractivity contribution in [2.24, 2.45) is 0 Å². The first-order valence-electron chi connectivity index (χ1n) is 7.97. The minimum atomic E-state index is -1.07. The molecule has 0 saturated heterocycles. The molecule has 8 heteroatoms. The maximum atomic E-state index is 13.7. The first-order chi connectivity index (χ1) is 12.8. The Bertz CT molecular complexity index is 1050. The van der Waals surface area contributed by atoms with E-state index in [9.17, 15) is 22.8 Å². The molecule has 0 aliphatic carbocycles. The molecule has 5 nitrogen and oxygen atoms in total. The van der Waals surface area contributed by atoms with Gasteiger partial charge in [0, 0.05) is 17.7 Å². The second kappa shape index (κ2) is 7.45. The fraction of sp³-hybridized carbons (Fsp3) is 0.105. The van der Waals surface area contributed by atoms with Crippen molar-refractivity contribution in [3.05, 3.63) is 82.4 Å². The van der Waals surface area contributed by atoms with Gasteiger partial charge in [-0.05, 0) is 49.4 Å². The summed E-state index contributed by atoms with van der Waals surface area (Å²) in [7, 11) is 0. The number of benzene rings is 2. The van der Waals surface area contributed by atoms with Crippen molar-refractivity contribution < 1.29 is 18.0 Å². The van der Waals surface area contributed by atoms with Crippen molar-refractivity contribution in [2.45, 2.75) is 13.0 Å². The molecule has 3 rings (SSSR count). The second-order valence-electron chi connectivity index (χ2n) is 5.80. The van der Waals surface area contributed by atoms with Gasteiger partial charge in [0.25, 0.3) is 5.56 Å². The third kappa shape index (κ3) is 4.05. The molecule has 0 bridgehead atoms. The topological polar surface area (TPSA) is 64.0 Å². The Hall–Kier alpha value is -3.42. The average molecular weight is 373 g/mol. The van der Waals surface area contributed by atoms with Crippen LogP contribution in [0, 0.1) is 17.5 Å². The van der Waals surface area contributed by atoms with Gasteiger partial charge >= 0.3 is 0 Å². The Morgan fingerprint density at radius 2 is 1.67 bits per heavy atom. The van der Waals surface area contributed by atoms with Crippen LogP contribution in [0.15, 0.2) is 59.4 Å². The van der Waals surface area contributed by atoms with E-state index in [0.717, 1.165) is 16.8 Å². The number of amides is 1. The summed E-state index contributed by atoms with van der Waals surface area (Å²) in [5.74, 6) is -2.83. The third-order valence-electron chi connectivity index (χ3n) is 3.90. The smallest absolute Gasteiger partial charge is 0.267 e. The van der Waals surface area contributed by atoms with Crippen LogP contribution >= 0.6 is 0 Å². The lowest BCUT2D eigenvalue weighted by Crippen LogP contribution is -2.33. The number of hydrogen-bond donors (Lipinski definition) is 1. The molecule has 27 heavy (non-hydrogen) atoms. The van der Waals surface area contributed by atoms with Crippen LogP contribution in [0.2, 0.25) is 0 Å². The summed E-state index contributed by atoms with van der Waals surface area (Å²) >= 11 is 0. The summed E-state index contributed by atoms with van der Waals surface area (Å²) in [5.41, 5.74) is 0.170. The predicted molar refractivity (Wildman–Crippen MR) is 93.6 cm³/mol. The van der Waals surface area contributed by atoms with Gasteiger partial charge in [-0.2, -0.15) is 5.10 Å². The lowest BCUT2D eigenvalue weighted by molar-refractivity contribution is -0.119. The summed E-state index contributed by atoms with van der Waals surface area (Å²) in [6, 6.07) is 9.83. The molecule has 138 valence electrons.